The molecule has 0 aliphatic carbocycles. The number of pyridine rings is 1. The molecule has 3 amide bonds. The molecule has 0 unspecified atom stereocenters. The van der Waals surface area contributed by atoms with E-state index in [9.17, 15) is 14.4 Å². The molecule has 2 aromatic rings. The number of hydrogen-bond donors (Lipinski definition) is 1. The highest BCUT2D eigenvalue weighted by molar-refractivity contribution is 6.30. The number of amides is 3. The molecule has 8 nitrogen and oxygen atoms in total. The molecular formula is C26H28ClN5O3. The summed E-state index contributed by atoms with van der Waals surface area (Å²) in [5.74, 6) is -0.733. The SMILES string of the molecule is O=C1NCCCN(C(=O)c2ccc(Cl)cn2)CCN2C(=O)[C@@]3(c4ccccc42)[C@@H]1C[C@@H]1CCCN13. The average Bonchev–Trinajstić information content (AvgIpc) is 3.52. The first-order valence-corrected chi connectivity index (χ1v) is 12.8. The van der Waals surface area contributed by atoms with E-state index in [1.54, 1.807) is 21.9 Å². The Morgan fingerprint density at radius 3 is 2.74 bits per heavy atom. The van der Waals surface area contributed by atoms with Gasteiger partial charge in [-0.25, -0.2) is 4.98 Å². The first-order chi connectivity index (χ1) is 17.0. The molecule has 6 rings (SSSR count). The lowest BCUT2D eigenvalue weighted by Gasteiger charge is -2.37. The van der Waals surface area contributed by atoms with E-state index in [0.717, 1.165) is 30.6 Å². The van der Waals surface area contributed by atoms with Crippen LogP contribution in [0.2, 0.25) is 5.02 Å². The van der Waals surface area contributed by atoms with Gasteiger partial charge in [0, 0.05) is 49.7 Å². The van der Waals surface area contributed by atoms with Crippen molar-refractivity contribution in [3.63, 3.8) is 0 Å². The van der Waals surface area contributed by atoms with Crippen LogP contribution in [0.1, 0.15) is 41.7 Å². The summed E-state index contributed by atoms with van der Waals surface area (Å²) in [6.45, 7) is 2.46. The molecule has 2 bridgehead atoms. The number of fused-ring (bicyclic) bond motifs is 4. The zero-order valence-corrected chi connectivity index (χ0v) is 20.2. The highest BCUT2D eigenvalue weighted by Crippen LogP contribution is 2.57. The molecule has 4 aliphatic heterocycles. The number of anilines is 1. The summed E-state index contributed by atoms with van der Waals surface area (Å²) >= 11 is 5.95. The number of benzene rings is 1. The van der Waals surface area contributed by atoms with Gasteiger partial charge in [-0.05, 0) is 50.4 Å². The number of carbonyl (C=O) groups is 3. The zero-order valence-electron chi connectivity index (χ0n) is 19.5. The minimum absolute atomic E-state index is 0.0409. The van der Waals surface area contributed by atoms with Crippen molar-refractivity contribution < 1.29 is 14.4 Å². The second-order valence-corrected chi connectivity index (χ2v) is 10.3. The van der Waals surface area contributed by atoms with Crippen LogP contribution in [0.3, 0.4) is 0 Å². The lowest BCUT2D eigenvalue weighted by Crippen LogP contribution is -2.57. The number of hydrogen-bond acceptors (Lipinski definition) is 5. The molecule has 9 heteroatoms. The number of nitrogens with one attached hydrogen (secondary N) is 1. The normalized spacial score (nSPS) is 28.6. The van der Waals surface area contributed by atoms with E-state index in [4.69, 9.17) is 11.6 Å². The molecule has 3 fully saturated rings. The Labute approximate surface area is 209 Å². The molecule has 35 heavy (non-hydrogen) atoms. The van der Waals surface area contributed by atoms with E-state index in [1.165, 1.54) is 6.20 Å². The minimum Gasteiger partial charge on any atom is -0.356 e. The standard InChI is InChI=1S/C26H28ClN5O3/c27-17-8-9-21(29-16-17)24(34)30-11-4-10-28-23(33)20-15-18-5-3-12-32(18)26(20)19-6-1-2-7-22(19)31(14-13-30)25(26)35/h1-2,6-9,16,18,20H,3-5,10-15H2,(H,28,33)/t18-,20+,26+/m0/s1. The largest absolute Gasteiger partial charge is 0.356 e. The van der Waals surface area contributed by atoms with Crippen LogP contribution in [0, 0.1) is 5.92 Å². The van der Waals surface area contributed by atoms with Gasteiger partial charge in [0.05, 0.1) is 10.9 Å². The first-order valence-electron chi connectivity index (χ1n) is 12.4. The molecule has 1 aromatic carbocycles. The van der Waals surface area contributed by atoms with Crippen molar-refractivity contribution in [3.8, 4) is 0 Å². The molecule has 3 saturated heterocycles. The smallest absolute Gasteiger partial charge is 0.272 e. The van der Waals surface area contributed by atoms with Crippen LogP contribution in [-0.4, -0.2) is 71.3 Å². The van der Waals surface area contributed by atoms with Gasteiger partial charge < -0.3 is 15.1 Å². The van der Waals surface area contributed by atoms with Gasteiger partial charge in [0.2, 0.25) is 5.91 Å². The lowest BCUT2D eigenvalue weighted by atomic mass is 9.78. The molecule has 0 radical (unpaired) electrons. The number of halogens is 1. The van der Waals surface area contributed by atoms with E-state index in [0.29, 0.717) is 49.7 Å². The van der Waals surface area contributed by atoms with Crippen molar-refractivity contribution in [1.29, 1.82) is 0 Å². The summed E-state index contributed by atoms with van der Waals surface area (Å²) in [6, 6.07) is 11.4. The molecule has 5 heterocycles. The molecule has 0 saturated carbocycles. The van der Waals surface area contributed by atoms with Gasteiger partial charge in [-0.3, -0.25) is 19.3 Å². The Morgan fingerprint density at radius 2 is 1.91 bits per heavy atom. The molecule has 182 valence electrons. The van der Waals surface area contributed by atoms with Gasteiger partial charge >= 0.3 is 0 Å². The molecule has 4 aliphatic rings. The third-order valence-electron chi connectivity index (χ3n) is 8.07. The minimum atomic E-state index is -0.965. The molecule has 1 N–H and O–H groups in total. The quantitative estimate of drug-likeness (QED) is 0.659. The fourth-order valence-corrected chi connectivity index (χ4v) is 6.70. The summed E-state index contributed by atoms with van der Waals surface area (Å²) in [6.07, 6.45) is 4.83. The molecule has 3 atom stereocenters. The van der Waals surface area contributed by atoms with Crippen LogP contribution < -0.4 is 10.2 Å². The Kier molecular flexibility index (Phi) is 5.53. The van der Waals surface area contributed by atoms with Crippen molar-refractivity contribution in [2.75, 3.05) is 37.6 Å². The number of carbonyl (C=O) groups excluding carboxylic acids is 3. The van der Waals surface area contributed by atoms with E-state index in [1.807, 2.05) is 24.3 Å². The second kappa shape index (κ2) is 8.60. The van der Waals surface area contributed by atoms with Crippen LogP contribution >= 0.6 is 11.6 Å². The van der Waals surface area contributed by atoms with Gasteiger partial charge in [-0.1, -0.05) is 29.8 Å². The van der Waals surface area contributed by atoms with Crippen LogP contribution in [0.15, 0.2) is 42.6 Å². The van der Waals surface area contributed by atoms with Gasteiger partial charge in [-0.2, -0.15) is 0 Å². The summed E-state index contributed by atoms with van der Waals surface area (Å²) in [4.78, 5) is 51.2. The number of aromatic nitrogens is 1. The monoisotopic (exact) mass is 493 g/mol. The van der Waals surface area contributed by atoms with E-state index >= 15 is 0 Å². The second-order valence-electron chi connectivity index (χ2n) is 9.82. The van der Waals surface area contributed by atoms with Crippen molar-refractivity contribution in [1.82, 2.24) is 20.1 Å². The summed E-state index contributed by atoms with van der Waals surface area (Å²) in [5, 5.41) is 3.56. The third-order valence-corrected chi connectivity index (χ3v) is 8.29. The molecule has 1 aromatic heterocycles. The van der Waals surface area contributed by atoms with Crippen molar-refractivity contribution in [2.24, 2.45) is 5.92 Å². The van der Waals surface area contributed by atoms with Crippen molar-refractivity contribution in [3.05, 3.63) is 58.9 Å². The molecule has 1 spiro atoms. The van der Waals surface area contributed by atoms with Crippen molar-refractivity contribution >= 4 is 35.0 Å². The van der Waals surface area contributed by atoms with Gasteiger partial charge in [0.25, 0.3) is 11.8 Å². The predicted octanol–water partition coefficient (Wildman–Crippen LogP) is 2.42. The highest BCUT2D eigenvalue weighted by atomic mass is 35.5. The zero-order chi connectivity index (χ0) is 24.2. The summed E-state index contributed by atoms with van der Waals surface area (Å²) in [5.41, 5.74) is 1.12. The Bertz CT molecular complexity index is 1190. The van der Waals surface area contributed by atoms with Gasteiger partial charge in [0.15, 0.2) is 0 Å². The highest BCUT2D eigenvalue weighted by Gasteiger charge is 2.67. The molecular weight excluding hydrogens is 466 g/mol. The van der Waals surface area contributed by atoms with Gasteiger partial charge in [-0.15, -0.1) is 0 Å². The summed E-state index contributed by atoms with van der Waals surface area (Å²) in [7, 11) is 0. The van der Waals surface area contributed by atoms with Crippen LogP contribution in [0.5, 0.6) is 0 Å². The maximum atomic E-state index is 14.3. The topological polar surface area (TPSA) is 85.9 Å². The Hall–Kier alpha value is -2.97. The lowest BCUT2D eigenvalue weighted by molar-refractivity contribution is -0.139. The number of para-hydroxylation sites is 1. The average molecular weight is 494 g/mol. The maximum absolute atomic E-state index is 14.3. The van der Waals surface area contributed by atoms with Crippen LogP contribution in [0.4, 0.5) is 5.69 Å². The maximum Gasteiger partial charge on any atom is 0.272 e. The number of rotatable bonds is 1. The first kappa shape index (κ1) is 22.5. The number of nitrogens with zero attached hydrogens (tertiary/aromatic N) is 4. The predicted molar refractivity (Wildman–Crippen MR) is 131 cm³/mol. The van der Waals surface area contributed by atoms with E-state index in [2.05, 4.69) is 15.2 Å². The van der Waals surface area contributed by atoms with E-state index < -0.39 is 11.5 Å². The van der Waals surface area contributed by atoms with Gasteiger partial charge in [0.1, 0.15) is 11.2 Å². The Balaban J connectivity index is 1.39. The van der Waals surface area contributed by atoms with Crippen molar-refractivity contribution in [2.45, 2.75) is 37.3 Å². The third kappa shape index (κ3) is 3.37. The fourth-order valence-electron chi connectivity index (χ4n) is 6.59. The van der Waals surface area contributed by atoms with Crippen LogP contribution in [0.25, 0.3) is 0 Å². The Morgan fingerprint density at radius 1 is 1.06 bits per heavy atom. The van der Waals surface area contributed by atoms with Crippen LogP contribution in [-0.2, 0) is 15.1 Å². The summed E-state index contributed by atoms with van der Waals surface area (Å²) < 4.78 is 0. The fraction of sp³-hybridized carbons (Fsp3) is 0.462. The van der Waals surface area contributed by atoms with E-state index in [-0.39, 0.29) is 23.8 Å².